The van der Waals surface area contributed by atoms with Gasteiger partial charge in [0.05, 0.1) is 0 Å². The Morgan fingerprint density at radius 1 is 1.38 bits per heavy atom. The minimum Gasteiger partial charge on any atom is -0.356 e. The van der Waals surface area contributed by atoms with Crippen molar-refractivity contribution in [1.29, 1.82) is 0 Å². The van der Waals surface area contributed by atoms with E-state index in [2.05, 4.69) is 31.4 Å². The van der Waals surface area contributed by atoms with Crippen LogP contribution in [0, 0.1) is 11.3 Å². The molecular weight excluding hydrogens is 200 g/mol. The number of amides is 1. The van der Waals surface area contributed by atoms with Crippen LogP contribution in [0.15, 0.2) is 0 Å². The van der Waals surface area contributed by atoms with Gasteiger partial charge in [-0.05, 0) is 43.7 Å². The summed E-state index contributed by atoms with van der Waals surface area (Å²) in [5, 5.41) is 6.38. The van der Waals surface area contributed by atoms with Crippen molar-refractivity contribution in [1.82, 2.24) is 10.6 Å². The fraction of sp³-hybridized carbons (Fsp3) is 0.923. The third kappa shape index (κ3) is 4.97. The highest BCUT2D eigenvalue weighted by Gasteiger charge is 2.19. The lowest BCUT2D eigenvalue weighted by molar-refractivity contribution is -0.122. The van der Waals surface area contributed by atoms with Crippen molar-refractivity contribution in [2.24, 2.45) is 11.3 Å². The summed E-state index contributed by atoms with van der Waals surface area (Å²) in [7, 11) is 0. The maximum atomic E-state index is 11.7. The van der Waals surface area contributed by atoms with E-state index in [-0.39, 0.29) is 11.3 Å². The number of rotatable bonds is 5. The second-order valence-corrected chi connectivity index (χ2v) is 5.69. The lowest BCUT2D eigenvalue weighted by Gasteiger charge is -2.25. The Kier molecular flexibility index (Phi) is 5.26. The van der Waals surface area contributed by atoms with Gasteiger partial charge in [0, 0.05) is 13.0 Å². The Morgan fingerprint density at radius 2 is 2.00 bits per heavy atom. The van der Waals surface area contributed by atoms with E-state index in [1.54, 1.807) is 0 Å². The molecule has 0 atom stereocenters. The second kappa shape index (κ2) is 6.24. The first kappa shape index (κ1) is 13.5. The van der Waals surface area contributed by atoms with E-state index in [4.69, 9.17) is 0 Å². The lowest BCUT2D eigenvalue weighted by atomic mass is 9.90. The first-order valence-electron chi connectivity index (χ1n) is 6.51. The van der Waals surface area contributed by atoms with Gasteiger partial charge in [-0.25, -0.2) is 0 Å². The van der Waals surface area contributed by atoms with E-state index < -0.39 is 0 Å². The summed E-state index contributed by atoms with van der Waals surface area (Å²) >= 11 is 0. The third-order valence-electron chi connectivity index (χ3n) is 3.65. The highest BCUT2D eigenvalue weighted by molar-refractivity contribution is 5.76. The molecule has 0 bridgehead atoms. The molecule has 2 N–H and O–H groups in total. The quantitative estimate of drug-likeness (QED) is 0.752. The minimum atomic E-state index is 0.226. The van der Waals surface area contributed by atoms with Gasteiger partial charge in [-0.2, -0.15) is 0 Å². The topological polar surface area (TPSA) is 41.1 Å². The molecule has 1 aliphatic rings. The number of carbonyl (C=O) groups excluding carboxylic acids is 1. The van der Waals surface area contributed by atoms with Gasteiger partial charge >= 0.3 is 0 Å². The monoisotopic (exact) mass is 226 g/mol. The molecule has 0 unspecified atom stereocenters. The number of piperidine rings is 1. The maximum Gasteiger partial charge on any atom is 0.220 e. The van der Waals surface area contributed by atoms with Gasteiger partial charge in [-0.15, -0.1) is 0 Å². The predicted molar refractivity (Wildman–Crippen MR) is 67.3 cm³/mol. The molecule has 16 heavy (non-hydrogen) atoms. The van der Waals surface area contributed by atoms with Gasteiger partial charge in [0.1, 0.15) is 0 Å². The zero-order valence-corrected chi connectivity index (χ0v) is 10.9. The van der Waals surface area contributed by atoms with Crippen molar-refractivity contribution in [3.63, 3.8) is 0 Å². The predicted octanol–water partition coefficient (Wildman–Crippen LogP) is 1.93. The molecule has 1 saturated heterocycles. The molecule has 3 nitrogen and oxygen atoms in total. The van der Waals surface area contributed by atoms with Crippen LogP contribution < -0.4 is 10.6 Å². The molecule has 1 fully saturated rings. The number of hydrogen-bond acceptors (Lipinski definition) is 2. The van der Waals surface area contributed by atoms with E-state index >= 15 is 0 Å². The fourth-order valence-corrected chi connectivity index (χ4v) is 1.88. The summed E-state index contributed by atoms with van der Waals surface area (Å²) in [5.74, 6) is 0.819. The molecule has 94 valence electrons. The van der Waals surface area contributed by atoms with E-state index in [0.717, 1.165) is 38.9 Å². The molecule has 0 aromatic carbocycles. The molecule has 0 spiro atoms. The highest BCUT2D eigenvalue weighted by Crippen LogP contribution is 2.19. The molecule has 0 aromatic rings. The smallest absolute Gasteiger partial charge is 0.220 e. The standard InChI is InChI=1S/C13H26N2O/c1-4-13(2,3)10-15-12(16)9-11-5-7-14-8-6-11/h11,14H,4-10H2,1-3H3,(H,15,16). The summed E-state index contributed by atoms with van der Waals surface area (Å²) in [6, 6.07) is 0. The van der Waals surface area contributed by atoms with Gasteiger partial charge in [0.25, 0.3) is 0 Å². The molecule has 3 heteroatoms. The van der Waals surface area contributed by atoms with E-state index in [1.165, 1.54) is 0 Å². The molecular formula is C13H26N2O. The largest absolute Gasteiger partial charge is 0.356 e. The average molecular weight is 226 g/mol. The van der Waals surface area contributed by atoms with Crippen molar-refractivity contribution in [3.8, 4) is 0 Å². The first-order chi connectivity index (χ1) is 7.53. The molecule has 0 radical (unpaired) electrons. The summed E-state index contributed by atoms with van der Waals surface area (Å²) in [5.41, 5.74) is 0.226. The van der Waals surface area contributed by atoms with Crippen molar-refractivity contribution in [3.05, 3.63) is 0 Å². The Morgan fingerprint density at radius 3 is 2.56 bits per heavy atom. The molecule has 0 saturated carbocycles. The summed E-state index contributed by atoms with van der Waals surface area (Å²) in [6.07, 6.45) is 4.09. The molecule has 1 amide bonds. The van der Waals surface area contributed by atoms with Crippen LogP contribution in [0.5, 0.6) is 0 Å². The number of nitrogens with one attached hydrogen (secondary N) is 2. The van der Waals surface area contributed by atoms with Crippen LogP contribution in [0.4, 0.5) is 0 Å². The maximum absolute atomic E-state index is 11.7. The van der Waals surface area contributed by atoms with Gasteiger partial charge in [0.15, 0.2) is 0 Å². The third-order valence-corrected chi connectivity index (χ3v) is 3.65. The summed E-state index contributed by atoms with van der Waals surface area (Å²) in [4.78, 5) is 11.7. The van der Waals surface area contributed by atoms with Crippen LogP contribution in [-0.2, 0) is 4.79 Å². The average Bonchev–Trinajstić information content (AvgIpc) is 2.28. The van der Waals surface area contributed by atoms with Crippen LogP contribution in [0.1, 0.15) is 46.5 Å². The van der Waals surface area contributed by atoms with E-state index in [9.17, 15) is 4.79 Å². The van der Waals surface area contributed by atoms with Gasteiger partial charge in [0.2, 0.25) is 5.91 Å². The SMILES string of the molecule is CCC(C)(C)CNC(=O)CC1CCNCC1. The van der Waals surface area contributed by atoms with Crippen molar-refractivity contribution >= 4 is 5.91 Å². The lowest BCUT2D eigenvalue weighted by Crippen LogP contribution is -2.36. The number of hydrogen-bond donors (Lipinski definition) is 2. The van der Waals surface area contributed by atoms with Crippen molar-refractivity contribution in [2.45, 2.75) is 46.5 Å². The summed E-state index contributed by atoms with van der Waals surface area (Å²) in [6.45, 7) is 9.48. The Bertz CT molecular complexity index is 220. The van der Waals surface area contributed by atoms with Crippen LogP contribution in [0.25, 0.3) is 0 Å². The van der Waals surface area contributed by atoms with Crippen molar-refractivity contribution < 1.29 is 4.79 Å². The normalized spacial score (nSPS) is 18.4. The zero-order chi connectivity index (χ0) is 12.0. The molecule has 0 aromatic heterocycles. The van der Waals surface area contributed by atoms with Crippen LogP contribution in [0.2, 0.25) is 0 Å². The molecule has 1 heterocycles. The second-order valence-electron chi connectivity index (χ2n) is 5.69. The van der Waals surface area contributed by atoms with Crippen LogP contribution >= 0.6 is 0 Å². The van der Waals surface area contributed by atoms with Gasteiger partial charge < -0.3 is 10.6 Å². The molecule has 1 aliphatic heterocycles. The summed E-state index contributed by atoms with van der Waals surface area (Å²) < 4.78 is 0. The fourth-order valence-electron chi connectivity index (χ4n) is 1.88. The van der Waals surface area contributed by atoms with E-state index in [1.807, 2.05) is 0 Å². The minimum absolute atomic E-state index is 0.226. The Balaban J connectivity index is 2.19. The van der Waals surface area contributed by atoms with Crippen LogP contribution in [0.3, 0.4) is 0 Å². The van der Waals surface area contributed by atoms with Gasteiger partial charge in [-0.3, -0.25) is 4.79 Å². The Hall–Kier alpha value is -0.570. The van der Waals surface area contributed by atoms with E-state index in [0.29, 0.717) is 12.3 Å². The molecule has 0 aliphatic carbocycles. The number of carbonyl (C=O) groups is 1. The van der Waals surface area contributed by atoms with Crippen molar-refractivity contribution in [2.75, 3.05) is 19.6 Å². The highest BCUT2D eigenvalue weighted by atomic mass is 16.1. The first-order valence-corrected chi connectivity index (χ1v) is 6.51. The molecule has 1 rings (SSSR count). The van der Waals surface area contributed by atoms with Crippen LogP contribution in [-0.4, -0.2) is 25.5 Å². The zero-order valence-electron chi connectivity index (χ0n) is 10.9. The Labute approximate surface area is 99.4 Å². The van der Waals surface area contributed by atoms with Gasteiger partial charge in [-0.1, -0.05) is 20.8 Å².